The van der Waals surface area contributed by atoms with Crippen molar-refractivity contribution in [1.29, 1.82) is 0 Å². The lowest BCUT2D eigenvalue weighted by molar-refractivity contribution is -0.0214. The minimum atomic E-state index is -0.442. The van der Waals surface area contributed by atoms with Gasteiger partial charge in [0.1, 0.15) is 6.10 Å². The average Bonchev–Trinajstić information content (AvgIpc) is 2.38. The molecule has 0 aliphatic carbocycles. The molecule has 0 radical (unpaired) electrons. The molecule has 0 N–H and O–H groups in total. The molecule has 1 aromatic carbocycles. The van der Waals surface area contributed by atoms with Crippen LogP contribution in [0.25, 0.3) is 0 Å². The molecule has 0 fully saturated rings. The van der Waals surface area contributed by atoms with Gasteiger partial charge in [-0.3, -0.25) is 4.79 Å². The van der Waals surface area contributed by atoms with E-state index in [0.29, 0.717) is 12.2 Å². The minimum absolute atomic E-state index is 0.0145. The van der Waals surface area contributed by atoms with Crippen molar-refractivity contribution in [3.63, 3.8) is 0 Å². The first-order chi connectivity index (χ1) is 8.58. The Bertz CT molecular complexity index is 370. The standard InChI is InChI=1S/C15H22O3/c1-5-13-6-8-14(9-7-13)15(16)12(3)18-11(2)10-17-4/h6-9,11-12H,5,10H2,1-4H3. The van der Waals surface area contributed by atoms with Gasteiger partial charge in [0.05, 0.1) is 12.7 Å². The van der Waals surface area contributed by atoms with Crippen LogP contribution in [-0.2, 0) is 15.9 Å². The molecule has 3 nitrogen and oxygen atoms in total. The van der Waals surface area contributed by atoms with E-state index in [1.165, 1.54) is 5.56 Å². The molecule has 3 heteroatoms. The van der Waals surface area contributed by atoms with Gasteiger partial charge >= 0.3 is 0 Å². The van der Waals surface area contributed by atoms with E-state index in [1.54, 1.807) is 14.0 Å². The molecule has 0 saturated heterocycles. The Morgan fingerprint density at radius 2 is 1.83 bits per heavy atom. The molecular formula is C15H22O3. The Morgan fingerprint density at radius 3 is 2.33 bits per heavy atom. The Labute approximate surface area is 109 Å². The largest absolute Gasteiger partial charge is 0.382 e. The van der Waals surface area contributed by atoms with Crippen LogP contribution < -0.4 is 0 Å². The van der Waals surface area contributed by atoms with Crippen LogP contribution in [-0.4, -0.2) is 31.7 Å². The van der Waals surface area contributed by atoms with Crippen molar-refractivity contribution in [2.24, 2.45) is 0 Å². The summed E-state index contributed by atoms with van der Waals surface area (Å²) in [5, 5.41) is 0. The second kappa shape index (κ2) is 7.29. The lowest BCUT2D eigenvalue weighted by atomic mass is 10.0. The first-order valence-corrected chi connectivity index (χ1v) is 6.36. The topological polar surface area (TPSA) is 35.5 Å². The van der Waals surface area contributed by atoms with Crippen LogP contribution in [0.5, 0.6) is 0 Å². The molecule has 0 aromatic heterocycles. The predicted octanol–water partition coefficient (Wildman–Crippen LogP) is 2.87. The molecule has 0 bridgehead atoms. The second-order valence-corrected chi connectivity index (χ2v) is 4.46. The van der Waals surface area contributed by atoms with Crippen molar-refractivity contribution in [2.45, 2.75) is 39.4 Å². The number of rotatable bonds is 7. The lowest BCUT2D eigenvalue weighted by Gasteiger charge is -2.17. The zero-order valence-electron chi connectivity index (χ0n) is 11.6. The van der Waals surface area contributed by atoms with Crippen molar-refractivity contribution in [3.05, 3.63) is 35.4 Å². The van der Waals surface area contributed by atoms with Gasteiger partial charge in [-0.2, -0.15) is 0 Å². The zero-order chi connectivity index (χ0) is 13.5. The first kappa shape index (κ1) is 14.9. The highest BCUT2D eigenvalue weighted by Crippen LogP contribution is 2.10. The Kier molecular flexibility index (Phi) is 6.02. The molecule has 0 amide bonds. The van der Waals surface area contributed by atoms with E-state index < -0.39 is 6.10 Å². The van der Waals surface area contributed by atoms with Crippen molar-refractivity contribution in [2.75, 3.05) is 13.7 Å². The van der Waals surface area contributed by atoms with Gasteiger partial charge < -0.3 is 9.47 Å². The fourth-order valence-electron chi connectivity index (χ4n) is 1.82. The van der Waals surface area contributed by atoms with Crippen LogP contribution in [0.4, 0.5) is 0 Å². The lowest BCUT2D eigenvalue weighted by Crippen LogP contribution is -2.27. The van der Waals surface area contributed by atoms with E-state index in [-0.39, 0.29) is 11.9 Å². The van der Waals surface area contributed by atoms with Crippen molar-refractivity contribution in [1.82, 2.24) is 0 Å². The summed E-state index contributed by atoms with van der Waals surface area (Å²) in [4.78, 5) is 12.1. The molecule has 1 aromatic rings. The zero-order valence-corrected chi connectivity index (χ0v) is 11.6. The van der Waals surface area contributed by atoms with Crippen LogP contribution >= 0.6 is 0 Å². The normalized spacial score (nSPS) is 14.2. The summed E-state index contributed by atoms with van der Waals surface area (Å²) in [7, 11) is 1.62. The van der Waals surface area contributed by atoms with Crippen LogP contribution in [0, 0.1) is 0 Å². The monoisotopic (exact) mass is 250 g/mol. The third kappa shape index (κ3) is 4.24. The number of hydrogen-bond donors (Lipinski definition) is 0. The highest BCUT2D eigenvalue weighted by atomic mass is 16.5. The molecule has 1 rings (SSSR count). The summed E-state index contributed by atoms with van der Waals surface area (Å²) in [6, 6.07) is 7.70. The summed E-state index contributed by atoms with van der Waals surface area (Å²) < 4.78 is 10.6. The van der Waals surface area contributed by atoms with E-state index in [0.717, 1.165) is 6.42 Å². The van der Waals surface area contributed by atoms with E-state index in [9.17, 15) is 4.79 Å². The van der Waals surface area contributed by atoms with Gasteiger partial charge in [-0.15, -0.1) is 0 Å². The van der Waals surface area contributed by atoms with Gasteiger partial charge in [0.25, 0.3) is 0 Å². The summed E-state index contributed by atoms with van der Waals surface area (Å²) in [5.74, 6) is 0.0145. The number of carbonyl (C=O) groups is 1. The first-order valence-electron chi connectivity index (χ1n) is 6.36. The smallest absolute Gasteiger partial charge is 0.191 e. The maximum Gasteiger partial charge on any atom is 0.191 e. The van der Waals surface area contributed by atoms with Gasteiger partial charge in [-0.05, 0) is 25.8 Å². The summed E-state index contributed by atoms with van der Waals surface area (Å²) in [6.07, 6.45) is 0.456. The summed E-state index contributed by atoms with van der Waals surface area (Å²) >= 11 is 0. The van der Waals surface area contributed by atoms with E-state index in [2.05, 4.69) is 6.92 Å². The van der Waals surface area contributed by atoms with E-state index >= 15 is 0 Å². The van der Waals surface area contributed by atoms with E-state index in [1.807, 2.05) is 31.2 Å². The Morgan fingerprint density at radius 1 is 1.22 bits per heavy atom. The number of ether oxygens (including phenoxy) is 2. The molecule has 2 unspecified atom stereocenters. The fourth-order valence-corrected chi connectivity index (χ4v) is 1.82. The Balaban J connectivity index is 2.62. The number of hydrogen-bond acceptors (Lipinski definition) is 3. The van der Waals surface area contributed by atoms with Crippen LogP contribution in [0.15, 0.2) is 24.3 Å². The minimum Gasteiger partial charge on any atom is -0.382 e. The van der Waals surface area contributed by atoms with Crippen LogP contribution in [0.2, 0.25) is 0 Å². The average molecular weight is 250 g/mol. The van der Waals surface area contributed by atoms with Gasteiger partial charge in [-0.1, -0.05) is 31.2 Å². The molecule has 18 heavy (non-hydrogen) atoms. The predicted molar refractivity (Wildman–Crippen MR) is 72.0 cm³/mol. The van der Waals surface area contributed by atoms with Crippen molar-refractivity contribution < 1.29 is 14.3 Å². The van der Waals surface area contributed by atoms with Gasteiger partial charge in [0.2, 0.25) is 0 Å². The summed E-state index contributed by atoms with van der Waals surface area (Å²) in [5.41, 5.74) is 1.93. The van der Waals surface area contributed by atoms with Crippen molar-refractivity contribution >= 4 is 5.78 Å². The molecule has 0 spiro atoms. The maximum absolute atomic E-state index is 12.1. The molecule has 0 aliphatic heterocycles. The quantitative estimate of drug-likeness (QED) is 0.698. The Hall–Kier alpha value is -1.19. The summed E-state index contributed by atoms with van der Waals surface area (Å²) in [6.45, 7) is 6.26. The van der Waals surface area contributed by atoms with Crippen molar-refractivity contribution in [3.8, 4) is 0 Å². The maximum atomic E-state index is 12.1. The molecule has 0 aliphatic rings. The molecule has 0 heterocycles. The van der Waals surface area contributed by atoms with E-state index in [4.69, 9.17) is 9.47 Å². The molecule has 0 saturated carbocycles. The number of aryl methyl sites for hydroxylation is 1. The second-order valence-electron chi connectivity index (χ2n) is 4.46. The highest BCUT2D eigenvalue weighted by Gasteiger charge is 2.18. The van der Waals surface area contributed by atoms with Crippen LogP contribution in [0.3, 0.4) is 0 Å². The number of Topliss-reactive ketones (excluding diaryl/α,β-unsaturated/α-hetero) is 1. The number of carbonyl (C=O) groups excluding carboxylic acids is 1. The van der Waals surface area contributed by atoms with Crippen LogP contribution in [0.1, 0.15) is 36.7 Å². The highest BCUT2D eigenvalue weighted by molar-refractivity contribution is 5.99. The molecule has 100 valence electrons. The fraction of sp³-hybridized carbons (Fsp3) is 0.533. The van der Waals surface area contributed by atoms with Gasteiger partial charge in [-0.25, -0.2) is 0 Å². The molecule has 2 atom stereocenters. The van der Waals surface area contributed by atoms with Gasteiger partial charge in [0.15, 0.2) is 5.78 Å². The third-order valence-electron chi connectivity index (χ3n) is 2.85. The molecular weight excluding hydrogens is 228 g/mol. The SMILES string of the molecule is CCc1ccc(C(=O)C(C)OC(C)COC)cc1. The number of benzene rings is 1. The van der Waals surface area contributed by atoms with Gasteiger partial charge in [0, 0.05) is 12.7 Å². The third-order valence-corrected chi connectivity index (χ3v) is 2.85. The number of ketones is 1. The number of methoxy groups -OCH3 is 1.